The van der Waals surface area contributed by atoms with E-state index in [4.69, 9.17) is 5.11 Å². The van der Waals surface area contributed by atoms with Gasteiger partial charge in [-0.25, -0.2) is 9.59 Å². The molecule has 0 aromatic carbocycles. The van der Waals surface area contributed by atoms with Gasteiger partial charge in [-0.1, -0.05) is 0 Å². The van der Waals surface area contributed by atoms with Crippen molar-refractivity contribution in [1.29, 1.82) is 0 Å². The van der Waals surface area contributed by atoms with E-state index in [2.05, 4.69) is 5.32 Å². The van der Waals surface area contributed by atoms with Crippen LogP contribution < -0.4 is 5.32 Å². The summed E-state index contributed by atoms with van der Waals surface area (Å²) in [5.41, 5.74) is 0. The molecule has 8 nitrogen and oxygen atoms in total. The van der Waals surface area contributed by atoms with Gasteiger partial charge in [-0.05, 0) is 38.5 Å². The first-order valence-corrected chi connectivity index (χ1v) is 9.36. The summed E-state index contributed by atoms with van der Waals surface area (Å²) < 4.78 is 0. The Morgan fingerprint density at radius 1 is 0.800 bits per heavy atom. The van der Waals surface area contributed by atoms with Crippen LogP contribution in [-0.2, 0) is 4.79 Å². The zero-order valence-corrected chi connectivity index (χ0v) is 14.7. The van der Waals surface area contributed by atoms with Crippen molar-refractivity contribution in [2.75, 3.05) is 39.3 Å². The fraction of sp³-hybridized carbons (Fsp3) is 0.824. The van der Waals surface area contributed by atoms with Crippen molar-refractivity contribution in [2.45, 2.75) is 44.6 Å². The first-order chi connectivity index (χ1) is 12.0. The van der Waals surface area contributed by atoms with Crippen LogP contribution in [0.5, 0.6) is 0 Å². The first kappa shape index (κ1) is 17.8. The number of hydrogen-bond acceptors (Lipinski definition) is 3. The molecule has 3 fully saturated rings. The third-order valence-electron chi connectivity index (χ3n) is 5.45. The van der Waals surface area contributed by atoms with Gasteiger partial charge in [0.15, 0.2) is 0 Å². The molecule has 3 aliphatic heterocycles. The van der Waals surface area contributed by atoms with Crippen LogP contribution in [0.1, 0.15) is 38.5 Å². The Morgan fingerprint density at radius 2 is 1.44 bits per heavy atom. The van der Waals surface area contributed by atoms with Gasteiger partial charge in [0.2, 0.25) is 0 Å². The summed E-state index contributed by atoms with van der Waals surface area (Å²) in [4.78, 5) is 41.5. The number of piperidine rings is 2. The fourth-order valence-corrected chi connectivity index (χ4v) is 4.01. The van der Waals surface area contributed by atoms with Crippen molar-refractivity contribution >= 4 is 18.0 Å². The second kappa shape index (κ2) is 7.93. The molecule has 0 radical (unpaired) electrons. The van der Waals surface area contributed by atoms with Crippen molar-refractivity contribution in [2.24, 2.45) is 5.92 Å². The minimum Gasteiger partial charge on any atom is -0.481 e. The van der Waals surface area contributed by atoms with Gasteiger partial charge >= 0.3 is 18.0 Å². The molecule has 0 spiro atoms. The number of amides is 4. The van der Waals surface area contributed by atoms with Gasteiger partial charge in [-0.2, -0.15) is 0 Å². The van der Waals surface area contributed by atoms with E-state index < -0.39 is 11.9 Å². The zero-order chi connectivity index (χ0) is 17.8. The Kier molecular flexibility index (Phi) is 5.65. The van der Waals surface area contributed by atoms with Gasteiger partial charge in [0.25, 0.3) is 0 Å². The number of urea groups is 2. The lowest BCUT2D eigenvalue weighted by molar-refractivity contribution is -0.143. The van der Waals surface area contributed by atoms with Crippen molar-refractivity contribution < 1.29 is 19.5 Å². The highest BCUT2D eigenvalue weighted by atomic mass is 16.4. The average molecular weight is 352 g/mol. The molecule has 140 valence electrons. The Morgan fingerprint density at radius 3 is 2.16 bits per heavy atom. The molecule has 4 amide bonds. The lowest BCUT2D eigenvalue weighted by atomic mass is 9.98. The standard InChI is InChI=1S/C17H28N4O4/c22-15(23)13-5-3-9-20(11-13)16(24)18-14-6-4-10-21(12-14)17(25)19-7-1-2-8-19/h13-14H,1-12H2,(H,18,24)(H,22,23). The summed E-state index contributed by atoms with van der Waals surface area (Å²) in [5.74, 6) is -1.31. The number of nitrogens with zero attached hydrogens (tertiary/aromatic N) is 3. The third-order valence-corrected chi connectivity index (χ3v) is 5.45. The summed E-state index contributed by atoms with van der Waals surface area (Å²) in [6.07, 6.45) is 5.21. The van der Waals surface area contributed by atoms with E-state index >= 15 is 0 Å². The molecule has 3 aliphatic rings. The van der Waals surface area contributed by atoms with Gasteiger partial charge in [0.1, 0.15) is 0 Å². The molecule has 2 unspecified atom stereocenters. The predicted molar refractivity (Wildman–Crippen MR) is 91.3 cm³/mol. The van der Waals surface area contributed by atoms with E-state index in [9.17, 15) is 14.4 Å². The number of rotatable bonds is 2. The quantitative estimate of drug-likeness (QED) is 0.780. The maximum atomic E-state index is 12.5. The lowest BCUT2D eigenvalue weighted by Gasteiger charge is -2.37. The number of carbonyl (C=O) groups excluding carboxylic acids is 2. The number of nitrogens with one attached hydrogen (secondary N) is 1. The molecule has 3 saturated heterocycles. The molecule has 0 aromatic heterocycles. The van der Waals surface area contributed by atoms with Crippen LogP contribution in [0.15, 0.2) is 0 Å². The van der Waals surface area contributed by atoms with Crippen molar-refractivity contribution in [3.63, 3.8) is 0 Å². The van der Waals surface area contributed by atoms with Crippen LogP contribution in [0.3, 0.4) is 0 Å². The number of hydrogen-bond donors (Lipinski definition) is 2. The van der Waals surface area contributed by atoms with E-state index in [0.29, 0.717) is 25.9 Å². The fourth-order valence-electron chi connectivity index (χ4n) is 4.01. The number of carbonyl (C=O) groups is 3. The van der Waals surface area contributed by atoms with Gasteiger partial charge in [-0.15, -0.1) is 0 Å². The molecule has 25 heavy (non-hydrogen) atoms. The van der Waals surface area contributed by atoms with E-state index in [1.165, 1.54) is 0 Å². The van der Waals surface area contributed by atoms with E-state index in [1.807, 2.05) is 9.80 Å². The molecule has 0 saturated carbocycles. The number of carboxylic acid groups (broad SMARTS) is 1. The summed E-state index contributed by atoms with van der Waals surface area (Å²) >= 11 is 0. The Labute approximate surface area is 148 Å². The molecular formula is C17H28N4O4. The maximum Gasteiger partial charge on any atom is 0.320 e. The normalized spacial score (nSPS) is 27.3. The van der Waals surface area contributed by atoms with Gasteiger partial charge in [-0.3, -0.25) is 4.79 Å². The minimum atomic E-state index is -0.836. The highest BCUT2D eigenvalue weighted by molar-refractivity contribution is 5.77. The summed E-state index contributed by atoms with van der Waals surface area (Å²) in [6, 6.07) is -0.176. The summed E-state index contributed by atoms with van der Waals surface area (Å²) in [7, 11) is 0. The van der Waals surface area contributed by atoms with E-state index in [0.717, 1.165) is 45.3 Å². The highest BCUT2D eigenvalue weighted by Crippen LogP contribution is 2.19. The Hall–Kier alpha value is -1.99. The molecule has 0 bridgehead atoms. The number of aliphatic carboxylic acids is 1. The van der Waals surface area contributed by atoms with Crippen LogP contribution in [0, 0.1) is 5.92 Å². The van der Waals surface area contributed by atoms with E-state index in [1.54, 1.807) is 4.90 Å². The van der Waals surface area contributed by atoms with Crippen molar-refractivity contribution in [3.8, 4) is 0 Å². The monoisotopic (exact) mass is 352 g/mol. The second-order valence-electron chi connectivity index (χ2n) is 7.33. The topological polar surface area (TPSA) is 93.2 Å². The smallest absolute Gasteiger partial charge is 0.320 e. The van der Waals surface area contributed by atoms with Crippen LogP contribution in [0.2, 0.25) is 0 Å². The van der Waals surface area contributed by atoms with Gasteiger partial charge in [0.05, 0.1) is 5.92 Å². The van der Waals surface area contributed by atoms with Crippen LogP contribution in [0.25, 0.3) is 0 Å². The minimum absolute atomic E-state index is 0.0574. The molecule has 0 aromatic rings. The van der Waals surface area contributed by atoms with Crippen LogP contribution >= 0.6 is 0 Å². The molecule has 3 rings (SSSR count). The Balaban J connectivity index is 1.50. The molecule has 2 N–H and O–H groups in total. The SMILES string of the molecule is O=C(O)C1CCCN(C(=O)NC2CCCN(C(=O)N3CCCC3)C2)C1. The van der Waals surface area contributed by atoms with Crippen LogP contribution in [-0.4, -0.2) is 83.1 Å². The van der Waals surface area contributed by atoms with Crippen molar-refractivity contribution in [3.05, 3.63) is 0 Å². The summed E-state index contributed by atoms with van der Waals surface area (Å²) in [6.45, 7) is 3.81. The molecule has 0 aliphatic carbocycles. The second-order valence-corrected chi connectivity index (χ2v) is 7.33. The summed E-state index contributed by atoms with van der Waals surface area (Å²) in [5, 5.41) is 12.2. The highest BCUT2D eigenvalue weighted by Gasteiger charge is 2.32. The lowest BCUT2D eigenvalue weighted by Crippen LogP contribution is -2.56. The van der Waals surface area contributed by atoms with E-state index in [-0.39, 0.29) is 24.6 Å². The number of carboxylic acids is 1. The third kappa shape index (κ3) is 4.35. The maximum absolute atomic E-state index is 12.5. The van der Waals surface area contributed by atoms with Crippen LogP contribution in [0.4, 0.5) is 9.59 Å². The number of likely N-dealkylation sites (tertiary alicyclic amines) is 3. The van der Waals surface area contributed by atoms with Crippen molar-refractivity contribution in [1.82, 2.24) is 20.0 Å². The average Bonchev–Trinajstić information content (AvgIpc) is 3.16. The largest absolute Gasteiger partial charge is 0.481 e. The molecular weight excluding hydrogens is 324 g/mol. The predicted octanol–water partition coefficient (Wildman–Crippen LogP) is 1.17. The van der Waals surface area contributed by atoms with Gasteiger partial charge in [0, 0.05) is 45.3 Å². The molecule has 8 heteroatoms. The van der Waals surface area contributed by atoms with Gasteiger partial charge < -0.3 is 25.1 Å². The molecule has 2 atom stereocenters. The molecule has 3 heterocycles. The zero-order valence-electron chi connectivity index (χ0n) is 14.7. The first-order valence-electron chi connectivity index (χ1n) is 9.36. The Bertz CT molecular complexity index is 521.